The van der Waals surface area contributed by atoms with E-state index in [1.54, 1.807) is 74.9 Å². The molecule has 0 aliphatic carbocycles. The van der Waals surface area contributed by atoms with Crippen molar-refractivity contribution in [1.82, 2.24) is 0 Å². The molecule has 7 nitrogen and oxygen atoms in total. The van der Waals surface area contributed by atoms with E-state index in [1.807, 2.05) is 12.1 Å². The number of benzene rings is 3. The van der Waals surface area contributed by atoms with E-state index in [4.69, 9.17) is 18.6 Å². The van der Waals surface area contributed by atoms with Crippen LogP contribution in [0.2, 0.25) is 0 Å². The molecule has 0 saturated heterocycles. The van der Waals surface area contributed by atoms with Crippen molar-refractivity contribution in [2.24, 2.45) is 0 Å². The molecule has 0 aliphatic heterocycles. The van der Waals surface area contributed by atoms with Crippen molar-refractivity contribution in [2.45, 2.75) is 12.5 Å². The predicted molar refractivity (Wildman–Crippen MR) is 123 cm³/mol. The summed E-state index contributed by atoms with van der Waals surface area (Å²) in [5.74, 6) is 0.238. The number of carbonyl (C=O) groups is 2. The number of fused-ring (bicyclic) bond motifs is 1. The number of carbonyl (C=O) groups excluding carboxylic acids is 2. The standard InChI is InChI=1S/C26H23NO6/c1-30-20-10-6-9-19(14-20)27-26(29)25(17-7-4-3-5-8-17)33-24(28)13-18-16-32-23-15-21(31-2)11-12-22(18)23/h3-12,14-16,25H,13H2,1-2H3,(H,27,29). The Bertz CT molecular complexity index is 1260. The monoisotopic (exact) mass is 445 g/mol. The molecule has 168 valence electrons. The average Bonchev–Trinajstić information content (AvgIpc) is 3.24. The lowest BCUT2D eigenvalue weighted by molar-refractivity contribution is -0.154. The minimum absolute atomic E-state index is 0.0465. The van der Waals surface area contributed by atoms with Gasteiger partial charge in [0, 0.05) is 34.3 Å². The van der Waals surface area contributed by atoms with Crippen LogP contribution in [0.25, 0.3) is 11.0 Å². The first-order valence-corrected chi connectivity index (χ1v) is 10.3. The van der Waals surface area contributed by atoms with Gasteiger partial charge in [-0.1, -0.05) is 36.4 Å². The van der Waals surface area contributed by atoms with Crippen molar-refractivity contribution in [3.8, 4) is 11.5 Å². The van der Waals surface area contributed by atoms with E-state index in [0.29, 0.717) is 33.9 Å². The second-order valence-electron chi connectivity index (χ2n) is 7.30. The van der Waals surface area contributed by atoms with Gasteiger partial charge in [0.15, 0.2) is 0 Å². The van der Waals surface area contributed by atoms with Crippen LogP contribution in [0.3, 0.4) is 0 Å². The summed E-state index contributed by atoms with van der Waals surface area (Å²) in [6.07, 6.45) is 0.345. The molecule has 33 heavy (non-hydrogen) atoms. The number of anilines is 1. The zero-order valence-corrected chi connectivity index (χ0v) is 18.2. The minimum Gasteiger partial charge on any atom is -0.497 e. The van der Waals surface area contributed by atoms with Crippen LogP contribution >= 0.6 is 0 Å². The van der Waals surface area contributed by atoms with E-state index < -0.39 is 18.0 Å². The van der Waals surface area contributed by atoms with Crippen molar-refractivity contribution in [3.05, 3.63) is 90.2 Å². The van der Waals surface area contributed by atoms with Crippen molar-refractivity contribution >= 4 is 28.5 Å². The van der Waals surface area contributed by atoms with Crippen LogP contribution in [0.5, 0.6) is 11.5 Å². The molecule has 1 amide bonds. The Morgan fingerprint density at radius 2 is 1.67 bits per heavy atom. The number of methoxy groups -OCH3 is 2. The van der Waals surface area contributed by atoms with Gasteiger partial charge in [0.1, 0.15) is 17.1 Å². The molecule has 0 saturated carbocycles. The highest BCUT2D eigenvalue weighted by Gasteiger charge is 2.26. The Morgan fingerprint density at radius 1 is 0.909 bits per heavy atom. The maximum Gasteiger partial charge on any atom is 0.311 e. The Labute approximate surface area is 190 Å². The summed E-state index contributed by atoms with van der Waals surface area (Å²) in [5.41, 5.74) is 2.37. The van der Waals surface area contributed by atoms with E-state index >= 15 is 0 Å². The van der Waals surface area contributed by atoms with E-state index in [2.05, 4.69) is 5.32 Å². The zero-order valence-electron chi connectivity index (χ0n) is 18.2. The van der Waals surface area contributed by atoms with Gasteiger partial charge in [-0.05, 0) is 24.3 Å². The summed E-state index contributed by atoms with van der Waals surface area (Å²) in [5, 5.41) is 3.58. The third-order valence-electron chi connectivity index (χ3n) is 5.12. The molecule has 0 aliphatic rings. The van der Waals surface area contributed by atoms with Gasteiger partial charge >= 0.3 is 5.97 Å². The molecule has 4 rings (SSSR count). The normalized spacial score (nSPS) is 11.6. The third kappa shape index (κ3) is 5.15. The summed E-state index contributed by atoms with van der Waals surface area (Å²) in [6, 6.07) is 21.2. The van der Waals surface area contributed by atoms with Crippen molar-refractivity contribution in [1.29, 1.82) is 0 Å². The lowest BCUT2D eigenvalue weighted by Crippen LogP contribution is -2.26. The number of hydrogen-bond acceptors (Lipinski definition) is 6. The first-order valence-electron chi connectivity index (χ1n) is 10.3. The fourth-order valence-corrected chi connectivity index (χ4v) is 3.47. The van der Waals surface area contributed by atoms with Crippen LogP contribution in [0.4, 0.5) is 5.69 Å². The Balaban J connectivity index is 1.53. The maximum atomic E-state index is 13.1. The molecular weight excluding hydrogens is 422 g/mol. The molecule has 0 bridgehead atoms. The highest BCUT2D eigenvalue weighted by molar-refractivity contribution is 5.96. The molecule has 1 unspecified atom stereocenters. The number of furan rings is 1. The number of hydrogen-bond donors (Lipinski definition) is 1. The van der Waals surface area contributed by atoms with Gasteiger partial charge in [0.05, 0.1) is 26.9 Å². The molecular formula is C26H23NO6. The van der Waals surface area contributed by atoms with Gasteiger partial charge in [-0.15, -0.1) is 0 Å². The van der Waals surface area contributed by atoms with Crippen LogP contribution in [0, 0.1) is 0 Å². The summed E-state index contributed by atoms with van der Waals surface area (Å²) in [6.45, 7) is 0. The first kappa shape index (κ1) is 22.0. The van der Waals surface area contributed by atoms with Gasteiger partial charge in [-0.2, -0.15) is 0 Å². The quantitative estimate of drug-likeness (QED) is 0.388. The Hall–Kier alpha value is -4.26. The number of esters is 1. The largest absolute Gasteiger partial charge is 0.497 e. The third-order valence-corrected chi connectivity index (χ3v) is 5.12. The van der Waals surface area contributed by atoms with Crippen molar-refractivity contribution in [3.63, 3.8) is 0 Å². The Morgan fingerprint density at radius 3 is 2.42 bits per heavy atom. The molecule has 1 aromatic heterocycles. The van der Waals surface area contributed by atoms with Gasteiger partial charge in [-0.3, -0.25) is 9.59 Å². The lowest BCUT2D eigenvalue weighted by atomic mass is 10.1. The molecule has 1 heterocycles. The fraction of sp³-hybridized carbons (Fsp3) is 0.154. The van der Waals surface area contributed by atoms with E-state index in [1.165, 1.54) is 6.26 Å². The average molecular weight is 445 g/mol. The van der Waals surface area contributed by atoms with Gasteiger partial charge in [0.2, 0.25) is 6.10 Å². The first-order chi connectivity index (χ1) is 16.1. The fourth-order valence-electron chi connectivity index (χ4n) is 3.47. The zero-order chi connectivity index (χ0) is 23.2. The number of nitrogens with one attached hydrogen (secondary N) is 1. The second kappa shape index (κ2) is 9.91. The summed E-state index contributed by atoms with van der Waals surface area (Å²) >= 11 is 0. The topological polar surface area (TPSA) is 87.0 Å². The number of ether oxygens (including phenoxy) is 3. The number of amides is 1. The summed E-state index contributed by atoms with van der Waals surface area (Å²) < 4.78 is 21.6. The van der Waals surface area contributed by atoms with E-state index in [-0.39, 0.29) is 6.42 Å². The molecule has 3 aromatic carbocycles. The van der Waals surface area contributed by atoms with Crippen LogP contribution in [-0.4, -0.2) is 26.1 Å². The lowest BCUT2D eigenvalue weighted by Gasteiger charge is -2.18. The molecule has 0 fully saturated rings. The van der Waals surface area contributed by atoms with Crippen LogP contribution in [-0.2, 0) is 20.7 Å². The minimum atomic E-state index is -1.12. The van der Waals surface area contributed by atoms with Crippen LogP contribution < -0.4 is 14.8 Å². The molecule has 1 N–H and O–H groups in total. The highest BCUT2D eigenvalue weighted by Crippen LogP contribution is 2.27. The molecule has 0 radical (unpaired) electrons. The second-order valence-corrected chi connectivity index (χ2v) is 7.30. The Kier molecular flexibility index (Phi) is 6.59. The molecule has 7 heteroatoms. The molecule has 0 spiro atoms. The van der Waals surface area contributed by atoms with Gasteiger partial charge in [-0.25, -0.2) is 0 Å². The smallest absolute Gasteiger partial charge is 0.311 e. The summed E-state index contributed by atoms with van der Waals surface area (Å²) in [4.78, 5) is 25.9. The van der Waals surface area contributed by atoms with Gasteiger partial charge in [0.25, 0.3) is 5.91 Å². The number of rotatable bonds is 8. The van der Waals surface area contributed by atoms with Crippen LogP contribution in [0.1, 0.15) is 17.2 Å². The highest BCUT2D eigenvalue weighted by atomic mass is 16.5. The van der Waals surface area contributed by atoms with Gasteiger partial charge < -0.3 is 23.9 Å². The van der Waals surface area contributed by atoms with E-state index in [0.717, 1.165) is 5.39 Å². The molecule has 4 aromatic rings. The summed E-state index contributed by atoms with van der Waals surface area (Å²) in [7, 11) is 3.12. The van der Waals surface area contributed by atoms with Crippen molar-refractivity contribution < 1.29 is 28.2 Å². The van der Waals surface area contributed by atoms with E-state index in [9.17, 15) is 9.59 Å². The van der Waals surface area contributed by atoms with Crippen molar-refractivity contribution in [2.75, 3.05) is 19.5 Å². The SMILES string of the molecule is COc1cccc(NC(=O)C(OC(=O)Cc2coc3cc(OC)ccc23)c2ccccc2)c1. The van der Waals surface area contributed by atoms with Crippen LogP contribution in [0.15, 0.2) is 83.5 Å². The maximum absolute atomic E-state index is 13.1. The predicted octanol–water partition coefficient (Wildman–Crippen LogP) is 4.92. The molecule has 1 atom stereocenters.